The minimum Gasteiger partial charge on any atom is -0.481 e. The summed E-state index contributed by atoms with van der Waals surface area (Å²) in [5, 5.41) is 9.17. The Labute approximate surface area is 322 Å². The summed E-state index contributed by atoms with van der Waals surface area (Å²) in [6.45, 7) is 8.21. The zero-order valence-electron chi connectivity index (χ0n) is 32.0. The fraction of sp³-hybridized carbons (Fsp3) is 0.435. The lowest BCUT2D eigenvalue weighted by molar-refractivity contribution is -0.144. The standard InChI is InChI=1S/C24H31N3O.C22H26N2O2/c1-25(2)24(28)21-13-15-26(16-14-21)22-17-27(18-22)23(19-9-5-3-6-10-19)20-11-7-4-8-12-20;25-22(26)19-11-13-23(14-12-19)20-15-24(16-20)21(17-7-3-1-4-8-17)18-9-5-2-6-10-18/h3-12,21-23H,13-18H2,1-2H3;1-10,19-21H,11-16H2,(H,25,26). The summed E-state index contributed by atoms with van der Waals surface area (Å²) in [5.74, 6) is -0.274. The predicted molar refractivity (Wildman–Crippen MR) is 215 cm³/mol. The third-order valence-electron chi connectivity index (χ3n) is 12.2. The van der Waals surface area contributed by atoms with Gasteiger partial charge < -0.3 is 10.0 Å². The van der Waals surface area contributed by atoms with Crippen LogP contribution < -0.4 is 0 Å². The van der Waals surface area contributed by atoms with E-state index >= 15 is 0 Å². The lowest BCUT2D eigenvalue weighted by Crippen LogP contribution is -2.61. The molecule has 0 atom stereocenters. The van der Waals surface area contributed by atoms with Gasteiger partial charge in [0.15, 0.2) is 0 Å². The molecule has 0 saturated carbocycles. The number of aliphatic carboxylic acids is 1. The molecule has 4 saturated heterocycles. The molecule has 284 valence electrons. The first-order valence-corrected chi connectivity index (χ1v) is 20.0. The molecule has 0 unspecified atom stereocenters. The number of likely N-dealkylation sites (tertiary alicyclic amines) is 4. The van der Waals surface area contributed by atoms with Crippen molar-refractivity contribution in [1.29, 1.82) is 0 Å². The quantitative estimate of drug-likeness (QED) is 0.200. The maximum absolute atomic E-state index is 12.2. The Morgan fingerprint density at radius 2 is 0.815 bits per heavy atom. The Bertz CT molecular complexity index is 1670. The van der Waals surface area contributed by atoms with Gasteiger partial charge >= 0.3 is 5.97 Å². The van der Waals surface area contributed by atoms with Gasteiger partial charge in [0, 0.05) is 58.3 Å². The van der Waals surface area contributed by atoms with Gasteiger partial charge in [-0.3, -0.25) is 29.2 Å². The van der Waals surface area contributed by atoms with E-state index < -0.39 is 5.97 Å². The molecule has 8 heteroatoms. The molecular formula is C46H57N5O3. The summed E-state index contributed by atoms with van der Waals surface area (Å²) in [5.41, 5.74) is 5.40. The van der Waals surface area contributed by atoms with Gasteiger partial charge in [0.2, 0.25) is 5.91 Å². The Hall–Kier alpha value is -4.34. The maximum atomic E-state index is 12.2. The molecule has 1 N–H and O–H groups in total. The van der Waals surface area contributed by atoms with Gasteiger partial charge in [-0.25, -0.2) is 0 Å². The third kappa shape index (κ3) is 8.95. The number of nitrogens with zero attached hydrogens (tertiary/aromatic N) is 5. The molecule has 4 fully saturated rings. The van der Waals surface area contributed by atoms with E-state index in [4.69, 9.17) is 0 Å². The molecule has 8 nitrogen and oxygen atoms in total. The van der Waals surface area contributed by atoms with Gasteiger partial charge in [0.25, 0.3) is 0 Å². The van der Waals surface area contributed by atoms with Crippen LogP contribution in [0.4, 0.5) is 0 Å². The number of benzene rings is 4. The topological polar surface area (TPSA) is 70.6 Å². The second-order valence-corrected chi connectivity index (χ2v) is 15.9. The van der Waals surface area contributed by atoms with Crippen LogP contribution >= 0.6 is 0 Å². The summed E-state index contributed by atoms with van der Waals surface area (Å²) in [6.07, 6.45) is 3.56. The maximum Gasteiger partial charge on any atom is 0.306 e. The first-order valence-electron chi connectivity index (χ1n) is 20.0. The Morgan fingerprint density at radius 1 is 0.519 bits per heavy atom. The van der Waals surface area contributed by atoms with Gasteiger partial charge in [-0.05, 0) is 74.1 Å². The molecule has 4 aromatic carbocycles. The van der Waals surface area contributed by atoms with Crippen molar-refractivity contribution >= 4 is 11.9 Å². The molecule has 1 amide bonds. The minimum atomic E-state index is -0.631. The number of piperidine rings is 2. The Morgan fingerprint density at radius 3 is 1.09 bits per heavy atom. The largest absolute Gasteiger partial charge is 0.481 e. The Balaban J connectivity index is 0.000000167. The van der Waals surface area contributed by atoms with Crippen LogP contribution in [0, 0.1) is 11.8 Å². The van der Waals surface area contributed by atoms with Crippen LogP contribution in [0.15, 0.2) is 121 Å². The van der Waals surface area contributed by atoms with Crippen molar-refractivity contribution in [2.75, 3.05) is 66.5 Å². The SMILES string of the molecule is CN(C)C(=O)C1CCN(C2CN(C(c3ccccc3)c3ccccc3)C2)CC1.O=C(O)C1CCN(C2CN(C(c3ccccc3)c3ccccc3)C2)CC1. The number of carboxylic acids is 1. The van der Waals surface area contributed by atoms with Crippen LogP contribution in [0.25, 0.3) is 0 Å². The van der Waals surface area contributed by atoms with Crippen molar-refractivity contribution in [1.82, 2.24) is 24.5 Å². The van der Waals surface area contributed by atoms with Crippen molar-refractivity contribution in [2.45, 2.75) is 49.9 Å². The molecule has 0 aliphatic carbocycles. The van der Waals surface area contributed by atoms with Crippen molar-refractivity contribution in [2.24, 2.45) is 11.8 Å². The van der Waals surface area contributed by atoms with Gasteiger partial charge in [0.1, 0.15) is 0 Å². The van der Waals surface area contributed by atoms with Gasteiger partial charge in [-0.2, -0.15) is 0 Å². The van der Waals surface area contributed by atoms with Crippen LogP contribution in [0.3, 0.4) is 0 Å². The van der Waals surface area contributed by atoms with Crippen LogP contribution in [-0.4, -0.2) is 120 Å². The van der Waals surface area contributed by atoms with E-state index in [9.17, 15) is 14.7 Å². The van der Waals surface area contributed by atoms with Gasteiger partial charge in [0.05, 0.1) is 18.0 Å². The van der Waals surface area contributed by atoms with Gasteiger partial charge in [-0.15, -0.1) is 0 Å². The van der Waals surface area contributed by atoms with E-state index in [0.29, 0.717) is 30.1 Å². The number of amides is 1. The summed E-state index contributed by atoms with van der Waals surface area (Å²) < 4.78 is 0. The molecule has 0 spiro atoms. The molecule has 0 radical (unpaired) electrons. The molecular weight excluding hydrogens is 671 g/mol. The fourth-order valence-corrected chi connectivity index (χ4v) is 9.02. The molecule has 4 heterocycles. The first kappa shape index (κ1) is 38.0. The third-order valence-corrected chi connectivity index (χ3v) is 12.2. The summed E-state index contributed by atoms with van der Waals surface area (Å²) >= 11 is 0. The first-order chi connectivity index (χ1) is 26.4. The zero-order chi connectivity index (χ0) is 37.4. The monoisotopic (exact) mass is 727 g/mol. The van der Waals surface area contributed by atoms with Crippen LogP contribution in [0.1, 0.15) is 60.0 Å². The van der Waals surface area contributed by atoms with Crippen molar-refractivity contribution in [3.8, 4) is 0 Å². The van der Waals surface area contributed by atoms with Gasteiger partial charge in [-0.1, -0.05) is 121 Å². The molecule has 8 rings (SSSR count). The molecule has 4 aromatic rings. The Kier molecular flexibility index (Phi) is 12.6. The highest BCUT2D eigenvalue weighted by Crippen LogP contribution is 2.36. The van der Waals surface area contributed by atoms with E-state index in [2.05, 4.69) is 141 Å². The van der Waals surface area contributed by atoms with Crippen molar-refractivity contribution in [3.63, 3.8) is 0 Å². The molecule has 54 heavy (non-hydrogen) atoms. The fourth-order valence-electron chi connectivity index (χ4n) is 9.02. The highest BCUT2D eigenvalue weighted by Gasteiger charge is 2.40. The lowest BCUT2D eigenvalue weighted by atomic mass is 9.90. The minimum absolute atomic E-state index is 0.149. The summed E-state index contributed by atoms with van der Waals surface area (Å²) in [4.78, 5) is 35.3. The summed E-state index contributed by atoms with van der Waals surface area (Å²) in [7, 11) is 3.73. The second-order valence-electron chi connectivity index (χ2n) is 15.9. The number of rotatable bonds is 10. The van der Waals surface area contributed by atoms with E-state index in [1.807, 2.05) is 14.1 Å². The molecule has 4 aliphatic rings. The number of carbonyl (C=O) groups is 2. The van der Waals surface area contributed by atoms with Crippen LogP contribution in [0.2, 0.25) is 0 Å². The van der Waals surface area contributed by atoms with Crippen molar-refractivity contribution < 1.29 is 14.7 Å². The molecule has 0 aromatic heterocycles. The number of hydrogen-bond acceptors (Lipinski definition) is 6. The zero-order valence-corrected chi connectivity index (χ0v) is 32.0. The normalized spacial score (nSPS) is 19.9. The number of hydrogen-bond donors (Lipinski definition) is 1. The van der Waals surface area contributed by atoms with Crippen molar-refractivity contribution in [3.05, 3.63) is 144 Å². The van der Waals surface area contributed by atoms with E-state index in [1.165, 1.54) is 22.3 Å². The number of carboxylic acid groups (broad SMARTS) is 1. The number of carbonyl (C=O) groups excluding carboxylic acids is 1. The molecule has 4 aliphatic heterocycles. The average Bonchev–Trinajstić information content (AvgIpc) is 3.18. The highest BCUT2D eigenvalue weighted by molar-refractivity contribution is 5.78. The smallest absolute Gasteiger partial charge is 0.306 e. The van der Waals surface area contributed by atoms with E-state index in [1.54, 1.807) is 4.90 Å². The summed E-state index contributed by atoms with van der Waals surface area (Å²) in [6, 6.07) is 44.9. The predicted octanol–water partition coefficient (Wildman–Crippen LogP) is 6.52. The lowest BCUT2D eigenvalue weighted by Gasteiger charge is -2.50. The molecule has 0 bridgehead atoms. The average molecular weight is 728 g/mol. The van der Waals surface area contributed by atoms with Crippen LogP contribution in [0.5, 0.6) is 0 Å². The van der Waals surface area contributed by atoms with E-state index in [-0.39, 0.29) is 11.8 Å². The highest BCUT2D eigenvalue weighted by atomic mass is 16.4. The van der Waals surface area contributed by atoms with Crippen LogP contribution in [-0.2, 0) is 9.59 Å². The van der Waals surface area contributed by atoms with E-state index in [0.717, 1.165) is 78.0 Å². The second kappa shape index (κ2) is 17.9.